The molecule has 0 spiro atoms. The number of aliphatic carboxylic acids is 1. The van der Waals surface area contributed by atoms with Gasteiger partial charge in [0.15, 0.2) is 0 Å². The summed E-state index contributed by atoms with van der Waals surface area (Å²) in [5.41, 5.74) is 0.685. The van der Waals surface area contributed by atoms with Crippen LogP contribution in [0.25, 0.3) is 0 Å². The first-order chi connectivity index (χ1) is 10.0. The van der Waals surface area contributed by atoms with Gasteiger partial charge in [-0.25, -0.2) is 4.79 Å². The van der Waals surface area contributed by atoms with E-state index < -0.39 is 17.9 Å². The summed E-state index contributed by atoms with van der Waals surface area (Å²) in [7, 11) is 1.59. The number of rotatable bonds is 4. The lowest BCUT2D eigenvalue weighted by atomic mass is 10.0. The van der Waals surface area contributed by atoms with Crippen LogP contribution in [0.2, 0.25) is 0 Å². The standard InChI is InChI=1S/C14H18N2O4S/c1-16(12-8-20-7-11(12)13(17)18)14(19)15-9-4-3-5-10(6-9)21-2/h3-6,11-12H,7-8H2,1-2H3,(H,15,19)(H,17,18). The molecule has 0 aromatic heterocycles. The molecule has 1 fully saturated rings. The fourth-order valence-electron chi connectivity index (χ4n) is 2.22. The van der Waals surface area contributed by atoms with Gasteiger partial charge in [-0.1, -0.05) is 6.07 Å². The lowest BCUT2D eigenvalue weighted by Gasteiger charge is -2.26. The minimum Gasteiger partial charge on any atom is -0.481 e. The van der Waals surface area contributed by atoms with E-state index in [1.165, 1.54) is 4.90 Å². The summed E-state index contributed by atoms with van der Waals surface area (Å²) >= 11 is 1.59. The Labute approximate surface area is 127 Å². The summed E-state index contributed by atoms with van der Waals surface area (Å²) in [6, 6.07) is 6.69. The van der Waals surface area contributed by atoms with E-state index in [4.69, 9.17) is 9.84 Å². The molecule has 1 aromatic rings. The second-order valence-electron chi connectivity index (χ2n) is 4.82. The van der Waals surface area contributed by atoms with E-state index in [2.05, 4.69) is 5.32 Å². The predicted molar refractivity (Wildman–Crippen MR) is 80.7 cm³/mol. The molecule has 1 aromatic carbocycles. The maximum absolute atomic E-state index is 12.2. The van der Waals surface area contributed by atoms with Gasteiger partial charge in [0.2, 0.25) is 0 Å². The number of likely N-dealkylation sites (N-methyl/N-ethyl adjacent to an activating group) is 1. The first-order valence-electron chi connectivity index (χ1n) is 6.51. The van der Waals surface area contributed by atoms with E-state index in [1.54, 1.807) is 24.9 Å². The van der Waals surface area contributed by atoms with Crippen molar-refractivity contribution in [3.63, 3.8) is 0 Å². The van der Waals surface area contributed by atoms with Gasteiger partial charge in [-0.05, 0) is 24.5 Å². The summed E-state index contributed by atoms with van der Waals surface area (Å²) in [5, 5.41) is 11.9. The number of hydrogen-bond donors (Lipinski definition) is 2. The van der Waals surface area contributed by atoms with E-state index in [9.17, 15) is 9.59 Å². The molecule has 0 saturated carbocycles. The number of benzene rings is 1. The first-order valence-corrected chi connectivity index (χ1v) is 7.74. The van der Waals surface area contributed by atoms with Crippen molar-refractivity contribution >= 4 is 29.4 Å². The molecule has 114 valence electrons. The normalized spacial score (nSPS) is 21.0. The number of amides is 2. The molecule has 1 saturated heterocycles. The second-order valence-corrected chi connectivity index (χ2v) is 5.70. The molecule has 1 aliphatic rings. The van der Waals surface area contributed by atoms with Gasteiger partial charge >= 0.3 is 12.0 Å². The number of anilines is 1. The molecule has 0 radical (unpaired) electrons. The maximum atomic E-state index is 12.2. The van der Waals surface area contributed by atoms with Crippen molar-refractivity contribution in [2.24, 2.45) is 5.92 Å². The van der Waals surface area contributed by atoms with Crippen LogP contribution in [0.3, 0.4) is 0 Å². The highest BCUT2D eigenvalue weighted by Crippen LogP contribution is 2.22. The summed E-state index contributed by atoms with van der Waals surface area (Å²) in [6.07, 6.45) is 1.96. The molecule has 7 heteroatoms. The molecule has 2 rings (SSSR count). The van der Waals surface area contributed by atoms with Crippen molar-refractivity contribution < 1.29 is 19.4 Å². The molecule has 2 atom stereocenters. The average Bonchev–Trinajstić information content (AvgIpc) is 2.96. The number of nitrogens with zero attached hydrogens (tertiary/aromatic N) is 1. The summed E-state index contributed by atoms with van der Waals surface area (Å²) in [4.78, 5) is 25.8. The molecule has 0 aliphatic carbocycles. The SMILES string of the molecule is CSc1cccc(NC(=O)N(C)C2COCC2C(=O)O)c1. The molecule has 0 bridgehead atoms. The molecule has 1 heterocycles. The number of carbonyl (C=O) groups is 2. The third-order valence-corrected chi connectivity index (χ3v) is 4.23. The van der Waals surface area contributed by atoms with Crippen LogP contribution in [0.4, 0.5) is 10.5 Å². The van der Waals surface area contributed by atoms with Crippen LogP contribution in [0.5, 0.6) is 0 Å². The van der Waals surface area contributed by atoms with Crippen molar-refractivity contribution in [2.75, 3.05) is 31.8 Å². The second kappa shape index (κ2) is 6.82. The van der Waals surface area contributed by atoms with E-state index in [0.717, 1.165) is 4.90 Å². The minimum absolute atomic E-state index is 0.138. The van der Waals surface area contributed by atoms with Gasteiger partial charge in [0.25, 0.3) is 0 Å². The number of carboxylic acids is 1. The number of nitrogens with one attached hydrogen (secondary N) is 1. The van der Waals surface area contributed by atoms with Crippen molar-refractivity contribution in [1.29, 1.82) is 0 Å². The van der Waals surface area contributed by atoms with Gasteiger partial charge in [0.05, 0.1) is 19.3 Å². The summed E-state index contributed by atoms with van der Waals surface area (Å²) in [6.45, 7) is 0.380. The van der Waals surface area contributed by atoms with Crippen molar-refractivity contribution in [3.05, 3.63) is 24.3 Å². The zero-order chi connectivity index (χ0) is 15.4. The van der Waals surface area contributed by atoms with Crippen LogP contribution in [0, 0.1) is 5.92 Å². The van der Waals surface area contributed by atoms with Crippen molar-refractivity contribution in [3.8, 4) is 0 Å². The smallest absolute Gasteiger partial charge is 0.321 e. The average molecular weight is 310 g/mol. The molecular weight excluding hydrogens is 292 g/mol. The zero-order valence-corrected chi connectivity index (χ0v) is 12.7. The number of thioether (sulfide) groups is 1. The van der Waals surface area contributed by atoms with Crippen molar-refractivity contribution in [2.45, 2.75) is 10.9 Å². The van der Waals surface area contributed by atoms with Crippen LogP contribution in [0.1, 0.15) is 0 Å². The van der Waals surface area contributed by atoms with E-state index in [-0.39, 0.29) is 19.2 Å². The highest BCUT2D eigenvalue weighted by Gasteiger charge is 2.38. The number of carboxylic acid groups (broad SMARTS) is 1. The zero-order valence-electron chi connectivity index (χ0n) is 11.9. The lowest BCUT2D eigenvalue weighted by Crippen LogP contribution is -2.45. The molecule has 21 heavy (non-hydrogen) atoms. The van der Waals surface area contributed by atoms with Gasteiger partial charge in [-0.3, -0.25) is 4.79 Å². The Balaban J connectivity index is 2.03. The maximum Gasteiger partial charge on any atom is 0.321 e. The van der Waals surface area contributed by atoms with Gasteiger partial charge in [-0.15, -0.1) is 11.8 Å². The predicted octanol–water partition coefficient (Wildman–Crippen LogP) is 1.97. The number of carbonyl (C=O) groups excluding carboxylic acids is 1. The number of hydrogen-bond acceptors (Lipinski definition) is 4. The molecule has 2 amide bonds. The van der Waals surface area contributed by atoms with Crippen molar-refractivity contribution in [1.82, 2.24) is 4.90 Å². The fraction of sp³-hybridized carbons (Fsp3) is 0.429. The van der Waals surface area contributed by atoms with Gasteiger partial charge < -0.3 is 20.1 Å². The Morgan fingerprint density at radius 3 is 2.86 bits per heavy atom. The van der Waals surface area contributed by atoms with Crippen LogP contribution >= 0.6 is 11.8 Å². The van der Waals surface area contributed by atoms with Crippen LogP contribution in [-0.4, -0.2) is 54.6 Å². The van der Waals surface area contributed by atoms with Crippen LogP contribution in [0.15, 0.2) is 29.2 Å². The number of urea groups is 1. The Bertz CT molecular complexity index is 537. The summed E-state index contributed by atoms with van der Waals surface area (Å²) < 4.78 is 5.18. The lowest BCUT2D eigenvalue weighted by molar-refractivity contribution is -0.142. The Kier molecular flexibility index (Phi) is 5.08. The molecular formula is C14H18N2O4S. The molecule has 2 N–H and O–H groups in total. The molecule has 2 unspecified atom stereocenters. The third-order valence-electron chi connectivity index (χ3n) is 3.51. The fourth-order valence-corrected chi connectivity index (χ4v) is 2.68. The third kappa shape index (κ3) is 3.68. The van der Waals surface area contributed by atoms with Crippen LogP contribution < -0.4 is 5.32 Å². The molecule has 6 nitrogen and oxygen atoms in total. The highest BCUT2D eigenvalue weighted by molar-refractivity contribution is 7.98. The van der Waals surface area contributed by atoms with Crippen LogP contribution in [-0.2, 0) is 9.53 Å². The minimum atomic E-state index is -0.943. The van der Waals surface area contributed by atoms with E-state index in [0.29, 0.717) is 5.69 Å². The first kappa shape index (κ1) is 15.7. The van der Waals surface area contributed by atoms with E-state index >= 15 is 0 Å². The summed E-state index contributed by atoms with van der Waals surface area (Å²) in [5.74, 6) is -1.63. The van der Waals surface area contributed by atoms with Gasteiger partial charge in [0, 0.05) is 17.6 Å². The monoisotopic (exact) mass is 310 g/mol. The Hall–Kier alpha value is -1.73. The number of ether oxygens (including phenoxy) is 1. The van der Waals surface area contributed by atoms with Gasteiger partial charge in [0.1, 0.15) is 5.92 Å². The largest absolute Gasteiger partial charge is 0.481 e. The Morgan fingerprint density at radius 2 is 2.19 bits per heavy atom. The molecule has 1 aliphatic heterocycles. The topological polar surface area (TPSA) is 78.9 Å². The Morgan fingerprint density at radius 1 is 1.43 bits per heavy atom. The van der Waals surface area contributed by atoms with Gasteiger partial charge in [-0.2, -0.15) is 0 Å². The highest BCUT2D eigenvalue weighted by atomic mass is 32.2. The quantitative estimate of drug-likeness (QED) is 0.831. The van der Waals surface area contributed by atoms with E-state index in [1.807, 2.05) is 24.5 Å².